The van der Waals surface area contributed by atoms with Crippen molar-refractivity contribution >= 4 is 0 Å². The molecule has 0 saturated carbocycles. The van der Waals surface area contributed by atoms with Crippen molar-refractivity contribution in [3.8, 4) is 11.1 Å². The second kappa shape index (κ2) is 3.77. The summed E-state index contributed by atoms with van der Waals surface area (Å²) in [6, 6.07) is 7.15. The van der Waals surface area contributed by atoms with E-state index in [0.717, 1.165) is 17.0 Å². The zero-order valence-corrected chi connectivity index (χ0v) is 8.66. The first-order valence-electron chi connectivity index (χ1n) is 4.73. The van der Waals surface area contributed by atoms with Gasteiger partial charge in [0.2, 0.25) is 5.95 Å². The van der Waals surface area contributed by atoms with Crippen molar-refractivity contribution in [2.24, 2.45) is 0 Å². The largest absolute Gasteiger partial charge is 0.258 e. The van der Waals surface area contributed by atoms with Crippen molar-refractivity contribution in [3.05, 3.63) is 47.8 Å². The van der Waals surface area contributed by atoms with Gasteiger partial charge in [-0.2, -0.15) is 4.39 Å². The quantitative estimate of drug-likeness (QED) is 0.664. The van der Waals surface area contributed by atoms with Gasteiger partial charge in [-0.05, 0) is 43.7 Å². The van der Waals surface area contributed by atoms with E-state index in [1.54, 1.807) is 12.1 Å². The van der Waals surface area contributed by atoms with E-state index in [-0.39, 0.29) is 0 Å². The number of nitrogens with zero attached hydrogens (tertiary/aromatic N) is 2. The first-order chi connectivity index (χ1) is 7.16. The van der Waals surface area contributed by atoms with Crippen LogP contribution in [0, 0.1) is 19.8 Å². The molecule has 3 heteroatoms. The maximum Gasteiger partial charge on any atom is 0.220 e. The lowest BCUT2D eigenvalue weighted by Crippen LogP contribution is -1.91. The van der Waals surface area contributed by atoms with Crippen molar-refractivity contribution in [1.29, 1.82) is 0 Å². The SMILES string of the molecule is Cc1cc(-c2cccnc2F)cc(C)n1. The minimum absolute atomic E-state index is 0.442. The van der Waals surface area contributed by atoms with Gasteiger partial charge in [-0.25, -0.2) is 4.98 Å². The monoisotopic (exact) mass is 202 g/mol. The van der Waals surface area contributed by atoms with Gasteiger partial charge >= 0.3 is 0 Å². The second-order valence-electron chi connectivity index (χ2n) is 3.48. The van der Waals surface area contributed by atoms with E-state index in [1.807, 2.05) is 26.0 Å². The van der Waals surface area contributed by atoms with E-state index >= 15 is 0 Å². The molecule has 0 atom stereocenters. The minimum atomic E-state index is -0.442. The number of aryl methyl sites for hydroxylation is 2. The number of rotatable bonds is 1. The van der Waals surface area contributed by atoms with Gasteiger partial charge in [-0.15, -0.1) is 0 Å². The van der Waals surface area contributed by atoms with E-state index in [1.165, 1.54) is 6.20 Å². The summed E-state index contributed by atoms with van der Waals surface area (Å²) in [7, 11) is 0. The zero-order valence-electron chi connectivity index (χ0n) is 8.66. The van der Waals surface area contributed by atoms with Crippen LogP contribution in [0.4, 0.5) is 4.39 Å². The predicted molar refractivity (Wildman–Crippen MR) is 56.9 cm³/mol. The molecule has 0 aliphatic heterocycles. The van der Waals surface area contributed by atoms with Crippen LogP contribution in [-0.4, -0.2) is 9.97 Å². The third kappa shape index (κ3) is 2.01. The molecule has 0 aliphatic carbocycles. The fourth-order valence-corrected chi connectivity index (χ4v) is 1.59. The first kappa shape index (κ1) is 9.77. The topological polar surface area (TPSA) is 25.8 Å². The molecule has 15 heavy (non-hydrogen) atoms. The molecule has 0 radical (unpaired) electrons. The Labute approximate surface area is 87.8 Å². The fourth-order valence-electron chi connectivity index (χ4n) is 1.59. The van der Waals surface area contributed by atoms with Crippen molar-refractivity contribution in [1.82, 2.24) is 9.97 Å². The van der Waals surface area contributed by atoms with Gasteiger partial charge in [0, 0.05) is 23.1 Å². The summed E-state index contributed by atoms with van der Waals surface area (Å²) in [5.41, 5.74) is 3.11. The normalized spacial score (nSPS) is 10.3. The van der Waals surface area contributed by atoms with Gasteiger partial charge < -0.3 is 0 Å². The van der Waals surface area contributed by atoms with Crippen LogP contribution >= 0.6 is 0 Å². The van der Waals surface area contributed by atoms with Crippen LogP contribution in [-0.2, 0) is 0 Å². The highest BCUT2D eigenvalue weighted by Gasteiger charge is 2.06. The summed E-state index contributed by atoms with van der Waals surface area (Å²) in [4.78, 5) is 7.87. The Morgan fingerprint density at radius 3 is 2.40 bits per heavy atom. The Morgan fingerprint density at radius 2 is 1.80 bits per heavy atom. The van der Waals surface area contributed by atoms with Crippen LogP contribution in [0.25, 0.3) is 11.1 Å². The Bertz CT molecular complexity index is 474. The molecule has 0 saturated heterocycles. The molecule has 0 fully saturated rings. The number of aromatic nitrogens is 2. The second-order valence-corrected chi connectivity index (χ2v) is 3.48. The maximum atomic E-state index is 13.4. The van der Waals surface area contributed by atoms with E-state index in [9.17, 15) is 4.39 Å². The summed E-state index contributed by atoms with van der Waals surface area (Å²) >= 11 is 0. The lowest BCUT2D eigenvalue weighted by atomic mass is 10.1. The summed E-state index contributed by atoms with van der Waals surface area (Å²) < 4.78 is 13.4. The molecular weight excluding hydrogens is 191 g/mol. The Hall–Kier alpha value is -1.77. The van der Waals surface area contributed by atoms with E-state index in [0.29, 0.717) is 5.56 Å². The van der Waals surface area contributed by atoms with Crippen LogP contribution in [0.3, 0.4) is 0 Å². The molecule has 0 spiro atoms. The Balaban J connectivity index is 2.59. The highest BCUT2D eigenvalue weighted by molar-refractivity contribution is 5.63. The van der Waals surface area contributed by atoms with Crippen molar-refractivity contribution in [3.63, 3.8) is 0 Å². The van der Waals surface area contributed by atoms with Gasteiger partial charge in [0.05, 0.1) is 0 Å². The lowest BCUT2D eigenvalue weighted by molar-refractivity contribution is 0.587. The molecule has 2 aromatic rings. The number of halogens is 1. The van der Waals surface area contributed by atoms with Crippen molar-refractivity contribution < 1.29 is 4.39 Å². The lowest BCUT2D eigenvalue weighted by Gasteiger charge is -2.04. The molecule has 2 rings (SSSR count). The molecule has 0 bridgehead atoms. The fraction of sp³-hybridized carbons (Fsp3) is 0.167. The minimum Gasteiger partial charge on any atom is -0.258 e. The number of hydrogen-bond donors (Lipinski definition) is 0. The molecule has 76 valence electrons. The average molecular weight is 202 g/mol. The van der Waals surface area contributed by atoms with E-state index < -0.39 is 5.95 Å². The highest BCUT2D eigenvalue weighted by Crippen LogP contribution is 2.22. The van der Waals surface area contributed by atoms with Crippen LogP contribution in [0.2, 0.25) is 0 Å². The van der Waals surface area contributed by atoms with Crippen molar-refractivity contribution in [2.75, 3.05) is 0 Å². The van der Waals surface area contributed by atoms with E-state index in [2.05, 4.69) is 9.97 Å². The van der Waals surface area contributed by atoms with Gasteiger partial charge in [-0.3, -0.25) is 4.98 Å². The Morgan fingerprint density at radius 1 is 1.13 bits per heavy atom. The van der Waals surface area contributed by atoms with E-state index in [4.69, 9.17) is 0 Å². The molecule has 2 heterocycles. The molecule has 2 nitrogen and oxygen atoms in total. The van der Waals surface area contributed by atoms with Crippen LogP contribution in [0.5, 0.6) is 0 Å². The molecular formula is C12H11FN2. The number of hydrogen-bond acceptors (Lipinski definition) is 2. The van der Waals surface area contributed by atoms with Crippen molar-refractivity contribution in [2.45, 2.75) is 13.8 Å². The number of pyridine rings is 2. The van der Waals surface area contributed by atoms with Crippen LogP contribution in [0.15, 0.2) is 30.5 Å². The Kier molecular flexibility index (Phi) is 2.46. The standard InChI is InChI=1S/C12H11FN2/c1-8-6-10(7-9(2)15-8)11-4-3-5-14-12(11)13/h3-7H,1-2H3. The summed E-state index contributed by atoms with van der Waals surface area (Å²) in [6.07, 6.45) is 1.44. The maximum absolute atomic E-state index is 13.4. The summed E-state index contributed by atoms with van der Waals surface area (Å²) in [5, 5.41) is 0. The molecule has 0 N–H and O–H groups in total. The van der Waals surface area contributed by atoms with Gasteiger partial charge in [0.1, 0.15) is 0 Å². The van der Waals surface area contributed by atoms with Crippen LogP contribution in [0.1, 0.15) is 11.4 Å². The molecule has 0 aromatic carbocycles. The average Bonchev–Trinajstić information content (AvgIpc) is 2.16. The van der Waals surface area contributed by atoms with Crippen LogP contribution < -0.4 is 0 Å². The molecule has 0 unspecified atom stereocenters. The predicted octanol–water partition coefficient (Wildman–Crippen LogP) is 2.90. The highest BCUT2D eigenvalue weighted by atomic mass is 19.1. The van der Waals surface area contributed by atoms with Gasteiger partial charge in [0.15, 0.2) is 0 Å². The molecule has 2 aromatic heterocycles. The third-order valence-corrected chi connectivity index (χ3v) is 2.15. The summed E-state index contributed by atoms with van der Waals surface area (Å²) in [5.74, 6) is -0.442. The third-order valence-electron chi connectivity index (χ3n) is 2.15. The van der Waals surface area contributed by atoms with Gasteiger partial charge in [-0.1, -0.05) is 0 Å². The first-order valence-corrected chi connectivity index (χ1v) is 4.73. The van der Waals surface area contributed by atoms with Gasteiger partial charge in [0.25, 0.3) is 0 Å². The zero-order chi connectivity index (χ0) is 10.8. The molecule has 0 amide bonds. The molecule has 0 aliphatic rings. The summed E-state index contributed by atoms with van der Waals surface area (Å²) in [6.45, 7) is 3.79. The smallest absolute Gasteiger partial charge is 0.220 e.